The van der Waals surface area contributed by atoms with E-state index in [2.05, 4.69) is 19.1 Å². The second kappa shape index (κ2) is 17.4. The van der Waals surface area contributed by atoms with Crippen molar-refractivity contribution in [2.75, 3.05) is 0 Å². The van der Waals surface area contributed by atoms with E-state index in [9.17, 15) is 14.9 Å². The first kappa shape index (κ1) is 22.0. The molecule has 0 saturated heterocycles. The molecule has 0 N–H and O–H groups in total. The van der Waals surface area contributed by atoms with Gasteiger partial charge in [0.25, 0.3) is 0 Å². The second-order valence-corrected chi connectivity index (χ2v) is 5.61. The van der Waals surface area contributed by atoms with Crippen molar-refractivity contribution in [3.8, 4) is 0 Å². The highest BCUT2D eigenvalue weighted by Gasteiger charge is 2.06. The van der Waals surface area contributed by atoms with Crippen LogP contribution in [0.4, 0.5) is 0 Å². The minimum atomic E-state index is -0.297. The second-order valence-electron chi connectivity index (χ2n) is 5.61. The maximum atomic E-state index is 11.0. The zero-order chi connectivity index (χ0) is 17.9. The van der Waals surface area contributed by atoms with Crippen molar-refractivity contribution in [3.05, 3.63) is 58.3 Å². The molecule has 134 valence electrons. The van der Waals surface area contributed by atoms with Crippen LogP contribution in [0.2, 0.25) is 0 Å². The summed E-state index contributed by atoms with van der Waals surface area (Å²) in [5.74, 6) is 0. The number of nitrogens with zero attached hydrogens (tertiary/aromatic N) is 1. The molecule has 0 aliphatic heterocycles. The molecule has 0 aliphatic rings. The Morgan fingerprint density at radius 3 is 2.21 bits per heavy atom. The monoisotopic (exact) mass is 333 g/mol. The third-order valence-corrected chi connectivity index (χ3v) is 3.50. The van der Waals surface area contributed by atoms with Crippen LogP contribution in [0, 0.1) is 10.1 Å². The molecular formula is C20H31NO3. The Bertz CT molecular complexity index is 448. The highest BCUT2D eigenvalue weighted by molar-refractivity contribution is 5.48. The quantitative estimate of drug-likeness (QED) is 0.123. The zero-order valence-electron chi connectivity index (χ0n) is 14.9. The van der Waals surface area contributed by atoms with Crippen LogP contribution in [0.5, 0.6) is 0 Å². The van der Waals surface area contributed by atoms with Crippen molar-refractivity contribution in [3.63, 3.8) is 0 Å². The fourth-order valence-corrected chi connectivity index (χ4v) is 2.14. The topological polar surface area (TPSA) is 60.2 Å². The number of nitro groups is 1. The molecule has 0 aromatic carbocycles. The molecule has 0 heterocycles. The largest absolute Gasteiger partial charge is 0.303 e. The number of carbonyl (C=O) groups is 1. The smallest absolute Gasteiger partial charge is 0.246 e. The van der Waals surface area contributed by atoms with Crippen molar-refractivity contribution in [1.29, 1.82) is 0 Å². The third-order valence-electron chi connectivity index (χ3n) is 3.50. The molecule has 24 heavy (non-hydrogen) atoms. The maximum Gasteiger partial charge on any atom is 0.246 e. The van der Waals surface area contributed by atoms with Gasteiger partial charge < -0.3 is 4.79 Å². The van der Waals surface area contributed by atoms with Gasteiger partial charge in [0.2, 0.25) is 5.70 Å². The Kier molecular flexibility index (Phi) is 16.0. The minimum absolute atomic E-state index is 0.256. The van der Waals surface area contributed by atoms with Crippen LogP contribution >= 0.6 is 0 Å². The predicted octanol–water partition coefficient (Wildman–Crippen LogP) is 5.94. The molecule has 4 nitrogen and oxygen atoms in total. The summed E-state index contributed by atoms with van der Waals surface area (Å²) in [6, 6.07) is 0. The summed E-state index contributed by atoms with van der Waals surface area (Å²) in [5, 5.41) is 11.0. The lowest BCUT2D eigenvalue weighted by atomic mass is 10.1. The average Bonchev–Trinajstić information content (AvgIpc) is 2.57. The number of allylic oxidation sites excluding steroid dienone is 7. The minimum Gasteiger partial charge on any atom is -0.303 e. The standard InChI is InChI=1S/C20H31NO3/c1-2-3-4-5-8-11-14-17-20(21(23)24)18-15-12-9-6-7-10-13-16-19-22/h3-4,8,11-12,15,17,19H,2,5-7,9-10,13-14,16,18H2,1H3/b4-3+,11-8+,15-12+,20-17-. The molecule has 0 unspecified atom stereocenters. The van der Waals surface area contributed by atoms with Crippen LogP contribution in [0.1, 0.15) is 71.1 Å². The molecule has 0 spiro atoms. The normalized spacial score (nSPS) is 12.6. The lowest BCUT2D eigenvalue weighted by Gasteiger charge is -1.96. The number of unbranched alkanes of at least 4 members (excludes halogenated alkanes) is 5. The van der Waals surface area contributed by atoms with E-state index < -0.39 is 0 Å². The predicted molar refractivity (Wildman–Crippen MR) is 100 cm³/mol. The lowest BCUT2D eigenvalue weighted by molar-refractivity contribution is -0.427. The first-order valence-corrected chi connectivity index (χ1v) is 8.94. The molecule has 0 aromatic rings. The molecule has 0 saturated carbocycles. The summed E-state index contributed by atoms with van der Waals surface area (Å²) in [5.41, 5.74) is 0.256. The molecule has 4 heteroatoms. The summed E-state index contributed by atoms with van der Waals surface area (Å²) in [4.78, 5) is 20.9. The van der Waals surface area contributed by atoms with E-state index >= 15 is 0 Å². The number of hydrogen-bond acceptors (Lipinski definition) is 3. The van der Waals surface area contributed by atoms with Crippen LogP contribution in [-0.4, -0.2) is 11.2 Å². The first-order chi connectivity index (χ1) is 11.7. The van der Waals surface area contributed by atoms with Gasteiger partial charge in [0, 0.05) is 6.42 Å². The summed E-state index contributed by atoms with van der Waals surface area (Å²) in [6.45, 7) is 2.09. The Labute approximate surface area is 146 Å². The first-order valence-electron chi connectivity index (χ1n) is 8.94. The molecule has 0 fully saturated rings. The van der Waals surface area contributed by atoms with Crippen molar-refractivity contribution in [2.24, 2.45) is 0 Å². The average molecular weight is 333 g/mol. The maximum absolute atomic E-state index is 11.0. The Morgan fingerprint density at radius 2 is 1.54 bits per heavy atom. The number of carbonyl (C=O) groups excluding carboxylic acids is 1. The molecule has 0 aromatic heterocycles. The van der Waals surface area contributed by atoms with Gasteiger partial charge in [-0.1, -0.05) is 56.2 Å². The van der Waals surface area contributed by atoms with E-state index in [1.54, 1.807) is 6.08 Å². The van der Waals surface area contributed by atoms with Crippen molar-refractivity contribution >= 4 is 6.29 Å². The fraction of sp³-hybridized carbons (Fsp3) is 0.550. The van der Waals surface area contributed by atoms with E-state index in [1.807, 2.05) is 24.3 Å². The van der Waals surface area contributed by atoms with Crippen LogP contribution in [0.25, 0.3) is 0 Å². The SMILES string of the molecule is CC/C=C/C/C=C/C/C=C(/C/C=C/CCCCCCC=O)[N+](=O)[O-]. The fourth-order valence-electron chi connectivity index (χ4n) is 2.14. The van der Waals surface area contributed by atoms with Gasteiger partial charge in [-0.2, -0.15) is 0 Å². The van der Waals surface area contributed by atoms with E-state index in [-0.39, 0.29) is 10.6 Å². The highest BCUT2D eigenvalue weighted by atomic mass is 16.6. The third kappa shape index (κ3) is 14.9. The van der Waals surface area contributed by atoms with E-state index in [0.29, 0.717) is 19.3 Å². The zero-order valence-corrected chi connectivity index (χ0v) is 14.9. The summed E-state index contributed by atoms with van der Waals surface area (Å²) >= 11 is 0. The van der Waals surface area contributed by atoms with Crippen LogP contribution in [0.3, 0.4) is 0 Å². The number of rotatable bonds is 15. The van der Waals surface area contributed by atoms with Crippen molar-refractivity contribution < 1.29 is 9.72 Å². The van der Waals surface area contributed by atoms with Gasteiger partial charge in [0.15, 0.2) is 0 Å². The Morgan fingerprint density at radius 1 is 0.875 bits per heavy atom. The Balaban J connectivity index is 3.96. The van der Waals surface area contributed by atoms with Gasteiger partial charge in [-0.15, -0.1) is 0 Å². The Hall–Kier alpha value is -1.97. The van der Waals surface area contributed by atoms with E-state index in [4.69, 9.17) is 0 Å². The van der Waals surface area contributed by atoms with Crippen molar-refractivity contribution in [2.45, 2.75) is 71.1 Å². The summed E-state index contributed by atoms with van der Waals surface area (Å²) in [6.07, 6.45) is 23.4. The van der Waals surface area contributed by atoms with Crippen LogP contribution in [0.15, 0.2) is 48.2 Å². The molecule has 0 radical (unpaired) electrons. The van der Waals surface area contributed by atoms with E-state index in [0.717, 1.165) is 51.2 Å². The number of hydrogen-bond donors (Lipinski definition) is 0. The van der Waals surface area contributed by atoms with Crippen LogP contribution in [-0.2, 0) is 4.79 Å². The molecule has 0 bridgehead atoms. The van der Waals surface area contributed by atoms with Crippen molar-refractivity contribution in [1.82, 2.24) is 0 Å². The molecule has 0 atom stereocenters. The molecule has 0 rings (SSSR count). The van der Waals surface area contributed by atoms with E-state index in [1.165, 1.54) is 0 Å². The van der Waals surface area contributed by atoms with Gasteiger partial charge in [0.05, 0.1) is 11.3 Å². The summed E-state index contributed by atoms with van der Waals surface area (Å²) in [7, 11) is 0. The molecular weight excluding hydrogens is 302 g/mol. The highest BCUT2D eigenvalue weighted by Crippen LogP contribution is 2.09. The van der Waals surface area contributed by atoms with Gasteiger partial charge in [-0.3, -0.25) is 10.1 Å². The summed E-state index contributed by atoms with van der Waals surface area (Å²) < 4.78 is 0. The van der Waals surface area contributed by atoms with Gasteiger partial charge >= 0.3 is 0 Å². The number of aldehydes is 1. The van der Waals surface area contributed by atoms with Gasteiger partial charge in [-0.05, 0) is 44.6 Å². The molecule has 0 aliphatic carbocycles. The lowest BCUT2D eigenvalue weighted by Crippen LogP contribution is -1.97. The van der Waals surface area contributed by atoms with Gasteiger partial charge in [0.1, 0.15) is 6.29 Å². The van der Waals surface area contributed by atoms with Crippen LogP contribution < -0.4 is 0 Å². The van der Waals surface area contributed by atoms with Gasteiger partial charge in [-0.25, -0.2) is 0 Å². The molecule has 0 amide bonds.